The van der Waals surface area contributed by atoms with Gasteiger partial charge in [-0.05, 0) is 23.8 Å². The van der Waals surface area contributed by atoms with Crippen molar-refractivity contribution < 1.29 is 23.8 Å². The summed E-state index contributed by atoms with van der Waals surface area (Å²) in [6.07, 6.45) is -0.0387. The standard InChI is InChI=1S/C21H21NO5/c1-25-19-14-18(20(23)26-2)12-11-17(19)10-6-7-13-22-21(24)27-15-16-8-4-3-5-9-16/h3-5,8-9,11-12,14H,7,13,15H2,1-2H3,(H,22,24). The zero-order valence-electron chi connectivity index (χ0n) is 15.3. The van der Waals surface area contributed by atoms with Crippen LogP contribution in [0, 0.1) is 11.8 Å². The quantitative estimate of drug-likeness (QED) is 0.482. The Balaban J connectivity index is 1.79. The molecule has 6 nitrogen and oxygen atoms in total. The molecule has 1 amide bonds. The van der Waals surface area contributed by atoms with Crippen LogP contribution in [0.5, 0.6) is 5.75 Å². The van der Waals surface area contributed by atoms with Gasteiger partial charge >= 0.3 is 12.1 Å². The van der Waals surface area contributed by atoms with E-state index >= 15 is 0 Å². The van der Waals surface area contributed by atoms with Gasteiger partial charge in [0.1, 0.15) is 12.4 Å². The number of rotatable bonds is 6. The summed E-state index contributed by atoms with van der Waals surface area (Å²) in [6, 6.07) is 14.3. The highest BCUT2D eigenvalue weighted by atomic mass is 16.5. The summed E-state index contributed by atoms with van der Waals surface area (Å²) >= 11 is 0. The van der Waals surface area contributed by atoms with Gasteiger partial charge in [-0.15, -0.1) is 0 Å². The minimum atomic E-state index is -0.485. The van der Waals surface area contributed by atoms with Crippen LogP contribution in [0.1, 0.15) is 27.9 Å². The molecule has 0 aliphatic carbocycles. The van der Waals surface area contributed by atoms with Gasteiger partial charge < -0.3 is 19.5 Å². The summed E-state index contributed by atoms with van der Waals surface area (Å²) < 4.78 is 15.0. The summed E-state index contributed by atoms with van der Waals surface area (Å²) in [5.74, 6) is 5.96. The number of hydrogen-bond acceptors (Lipinski definition) is 5. The number of ether oxygens (including phenoxy) is 3. The zero-order chi connectivity index (χ0) is 19.5. The highest BCUT2D eigenvalue weighted by Gasteiger charge is 2.09. The topological polar surface area (TPSA) is 73.9 Å². The number of methoxy groups -OCH3 is 2. The van der Waals surface area contributed by atoms with Gasteiger partial charge in [-0.25, -0.2) is 9.59 Å². The molecule has 140 valence electrons. The van der Waals surface area contributed by atoms with Gasteiger partial charge in [0.05, 0.1) is 25.3 Å². The van der Waals surface area contributed by atoms with Crippen LogP contribution in [0.2, 0.25) is 0 Å². The van der Waals surface area contributed by atoms with E-state index in [0.717, 1.165) is 5.56 Å². The van der Waals surface area contributed by atoms with Gasteiger partial charge in [0.25, 0.3) is 0 Å². The first-order valence-corrected chi connectivity index (χ1v) is 8.34. The number of hydrogen-bond donors (Lipinski definition) is 1. The van der Waals surface area contributed by atoms with Gasteiger partial charge in [0, 0.05) is 13.0 Å². The van der Waals surface area contributed by atoms with Crippen LogP contribution in [0.4, 0.5) is 4.79 Å². The smallest absolute Gasteiger partial charge is 0.407 e. The van der Waals surface area contributed by atoms with Gasteiger partial charge in [-0.1, -0.05) is 42.2 Å². The fraction of sp³-hybridized carbons (Fsp3) is 0.238. The van der Waals surface area contributed by atoms with E-state index in [9.17, 15) is 9.59 Å². The number of amides is 1. The van der Waals surface area contributed by atoms with Gasteiger partial charge in [0.2, 0.25) is 0 Å². The maximum Gasteiger partial charge on any atom is 0.407 e. The minimum absolute atomic E-state index is 0.224. The number of esters is 1. The molecular formula is C21H21NO5. The maximum absolute atomic E-state index is 11.6. The Kier molecular flexibility index (Phi) is 7.73. The molecule has 0 aliphatic heterocycles. The Morgan fingerprint density at radius 2 is 1.85 bits per heavy atom. The van der Waals surface area contributed by atoms with Crippen molar-refractivity contribution >= 4 is 12.1 Å². The van der Waals surface area contributed by atoms with Crippen molar-refractivity contribution in [1.29, 1.82) is 0 Å². The van der Waals surface area contributed by atoms with Crippen molar-refractivity contribution in [2.24, 2.45) is 0 Å². The molecule has 0 bridgehead atoms. The minimum Gasteiger partial charge on any atom is -0.495 e. The first kappa shape index (κ1) is 19.9. The van der Waals surface area contributed by atoms with Crippen LogP contribution < -0.4 is 10.1 Å². The molecule has 0 aliphatic rings. The zero-order valence-corrected chi connectivity index (χ0v) is 15.3. The molecule has 0 saturated carbocycles. The van der Waals surface area contributed by atoms with E-state index in [1.54, 1.807) is 18.2 Å². The first-order valence-electron chi connectivity index (χ1n) is 8.34. The number of carbonyl (C=O) groups is 2. The molecule has 2 aromatic carbocycles. The molecule has 0 radical (unpaired) electrons. The normalized spacial score (nSPS) is 9.56. The van der Waals surface area contributed by atoms with Crippen molar-refractivity contribution in [3.05, 3.63) is 65.2 Å². The van der Waals surface area contributed by atoms with Crippen LogP contribution >= 0.6 is 0 Å². The number of carbonyl (C=O) groups excluding carboxylic acids is 2. The third kappa shape index (κ3) is 6.40. The lowest BCUT2D eigenvalue weighted by Crippen LogP contribution is -2.24. The monoisotopic (exact) mass is 367 g/mol. The Morgan fingerprint density at radius 3 is 2.56 bits per heavy atom. The van der Waals surface area contributed by atoms with Crippen molar-refractivity contribution in [2.75, 3.05) is 20.8 Å². The lowest BCUT2D eigenvalue weighted by Gasteiger charge is -2.06. The van der Waals surface area contributed by atoms with Gasteiger partial charge in [-0.3, -0.25) is 0 Å². The fourth-order valence-electron chi connectivity index (χ4n) is 2.20. The van der Waals surface area contributed by atoms with Crippen molar-refractivity contribution in [1.82, 2.24) is 5.32 Å². The molecule has 0 spiro atoms. The molecule has 2 rings (SSSR count). The highest BCUT2D eigenvalue weighted by molar-refractivity contribution is 5.90. The predicted octanol–water partition coefficient (Wildman–Crippen LogP) is 3.15. The average Bonchev–Trinajstić information content (AvgIpc) is 2.72. The summed E-state index contributed by atoms with van der Waals surface area (Å²) in [5.41, 5.74) is 1.97. The van der Waals surface area contributed by atoms with Crippen molar-refractivity contribution in [2.45, 2.75) is 13.0 Å². The summed E-state index contributed by atoms with van der Waals surface area (Å²) in [5, 5.41) is 2.64. The molecule has 0 fully saturated rings. The first-order chi connectivity index (χ1) is 13.1. The molecule has 0 heterocycles. The van der Waals surface area contributed by atoms with E-state index in [1.807, 2.05) is 30.3 Å². The molecule has 0 saturated heterocycles. The molecular weight excluding hydrogens is 346 g/mol. The Hall–Kier alpha value is -3.46. The number of alkyl carbamates (subject to hydrolysis) is 1. The largest absolute Gasteiger partial charge is 0.495 e. The lowest BCUT2D eigenvalue weighted by molar-refractivity contribution is 0.0600. The number of benzene rings is 2. The van der Waals surface area contributed by atoms with E-state index in [0.29, 0.717) is 29.8 Å². The average molecular weight is 367 g/mol. The molecule has 27 heavy (non-hydrogen) atoms. The molecule has 6 heteroatoms. The lowest BCUT2D eigenvalue weighted by atomic mass is 10.1. The van der Waals surface area contributed by atoms with Crippen LogP contribution in [0.3, 0.4) is 0 Å². The highest BCUT2D eigenvalue weighted by Crippen LogP contribution is 2.19. The Labute approximate surface area is 158 Å². The van der Waals surface area contributed by atoms with E-state index in [-0.39, 0.29) is 6.61 Å². The second-order valence-electron chi connectivity index (χ2n) is 5.45. The van der Waals surface area contributed by atoms with E-state index in [2.05, 4.69) is 21.9 Å². The van der Waals surface area contributed by atoms with Crippen LogP contribution in [0.15, 0.2) is 48.5 Å². The van der Waals surface area contributed by atoms with Crippen LogP contribution in [-0.2, 0) is 16.1 Å². The fourth-order valence-corrected chi connectivity index (χ4v) is 2.20. The van der Waals surface area contributed by atoms with Crippen molar-refractivity contribution in [3.63, 3.8) is 0 Å². The summed E-state index contributed by atoms with van der Waals surface area (Å²) in [6.45, 7) is 0.589. The summed E-state index contributed by atoms with van der Waals surface area (Å²) in [4.78, 5) is 23.2. The van der Waals surface area contributed by atoms with Gasteiger partial charge in [-0.2, -0.15) is 0 Å². The second-order valence-corrected chi connectivity index (χ2v) is 5.45. The molecule has 2 aromatic rings. The van der Waals surface area contributed by atoms with E-state index < -0.39 is 12.1 Å². The van der Waals surface area contributed by atoms with Crippen molar-refractivity contribution in [3.8, 4) is 17.6 Å². The van der Waals surface area contributed by atoms with Gasteiger partial charge in [0.15, 0.2) is 0 Å². The van der Waals surface area contributed by atoms with Crippen LogP contribution in [0.25, 0.3) is 0 Å². The van der Waals surface area contributed by atoms with E-state index in [4.69, 9.17) is 9.47 Å². The maximum atomic E-state index is 11.6. The van der Waals surface area contributed by atoms with Crippen LogP contribution in [-0.4, -0.2) is 32.8 Å². The molecule has 0 unspecified atom stereocenters. The number of nitrogens with one attached hydrogen (secondary N) is 1. The molecule has 0 aromatic heterocycles. The predicted molar refractivity (Wildman–Crippen MR) is 100 cm³/mol. The molecule has 1 N–H and O–H groups in total. The summed E-state index contributed by atoms with van der Waals surface area (Å²) in [7, 11) is 2.83. The Bertz CT molecular complexity index is 837. The van der Waals surface area contributed by atoms with E-state index in [1.165, 1.54) is 14.2 Å². The molecule has 0 atom stereocenters. The third-order valence-corrected chi connectivity index (χ3v) is 3.58. The second kappa shape index (κ2) is 10.5. The SMILES string of the molecule is COC(=O)c1ccc(C#CCCNC(=O)OCc2ccccc2)c(OC)c1. The Morgan fingerprint density at radius 1 is 1.07 bits per heavy atom. The third-order valence-electron chi connectivity index (χ3n) is 3.58.